The maximum atomic E-state index is 11.8. The average molecular weight is 325 g/mol. The van der Waals surface area contributed by atoms with Crippen molar-refractivity contribution in [1.29, 1.82) is 5.26 Å². The van der Waals surface area contributed by atoms with E-state index < -0.39 is 0 Å². The predicted molar refractivity (Wildman–Crippen MR) is 91.1 cm³/mol. The molecule has 0 bridgehead atoms. The van der Waals surface area contributed by atoms with Crippen LogP contribution in [0.15, 0.2) is 48.5 Å². The van der Waals surface area contributed by atoms with Crippen molar-refractivity contribution < 1.29 is 14.3 Å². The molecule has 0 saturated carbocycles. The summed E-state index contributed by atoms with van der Waals surface area (Å²) < 4.78 is 10.6. The van der Waals surface area contributed by atoms with Crippen LogP contribution in [-0.4, -0.2) is 32.7 Å². The molecule has 24 heavy (non-hydrogen) atoms. The van der Waals surface area contributed by atoms with Crippen LogP contribution in [0.25, 0.3) is 0 Å². The predicted octanol–water partition coefficient (Wildman–Crippen LogP) is 2.17. The van der Waals surface area contributed by atoms with Crippen molar-refractivity contribution in [1.82, 2.24) is 5.32 Å². The van der Waals surface area contributed by atoms with Crippen LogP contribution in [0, 0.1) is 11.3 Å². The molecule has 0 spiro atoms. The summed E-state index contributed by atoms with van der Waals surface area (Å²) in [5.41, 5.74) is 1.28. The van der Waals surface area contributed by atoms with E-state index in [4.69, 9.17) is 14.7 Å². The highest BCUT2D eigenvalue weighted by Crippen LogP contribution is 2.16. The molecule has 6 heteroatoms. The Hall–Kier alpha value is -3.20. The highest BCUT2D eigenvalue weighted by atomic mass is 16.5. The normalized spacial score (nSPS) is 9.67. The molecule has 0 heterocycles. The second-order valence-electron chi connectivity index (χ2n) is 4.92. The van der Waals surface area contributed by atoms with Crippen LogP contribution in [0.1, 0.15) is 5.56 Å². The van der Waals surface area contributed by atoms with Gasteiger partial charge in [-0.25, -0.2) is 0 Å². The van der Waals surface area contributed by atoms with E-state index >= 15 is 0 Å². The van der Waals surface area contributed by atoms with Crippen LogP contribution in [-0.2, 0) is 4.79 Å². The third-order valence-electron chi connectivity index (χ3n) is 3.20. The van der Waals surface area contributed by atoms with E-state index in [0.29, 0.717) is 18.7 Å². The number of ether oxygens (including phenoxy) is 2. The van der Waals surface area contributed by atoms with Gasteiger partial charge in [0.1, 0.15) is 18.1 Å². The van der Waals surface area contributed by atoms with Crippen molar-refractivity contribution in [2.45, 2.75) is 0 Å². The van der Waals surface area contributed by atoms with E-state index in [9.17, 15) is 4.79 Å². The topological polar surface area (TPSA) is 83.4 Å². The number of anilines is 1. The standard InChI is InChI=1S/C18H19N3O3/c1-23-16-5-7-17(8-6-16)24-10-9-20-18(22)13-21-15-4-2-3-14(11-15)12-19/h2-8,11,21H,9-10,13H2,1H3,(H,20,22). The molecule has 0 unspecified atom stereocenters. The first-order chi connectivity index (χ1) is 11.7. The van der Waals surface area contributed by atoms with Crippen LogP contribution in [0.5, 0.6) is 11.5 Å². The molecule has 0 saturated heterocycles. The summed E-state index contributed by atoms with van der Waals surface area (Å²) in [5.74, 6) is 1.34. The highest BCUT2D eigenvalue weighted by Gasteiger charge is 2.02. The lowest BCUT2D eigenvalue weighted by molar-refractivity contribution is -0.119. The minimum Gasteiger partial charge on any atom is -0.497 e. The summed E-state index contributed by atoms with van der Waals surface area (Å²) in [6, 6.07) is 16.3. The van der Waals surface area contributed by atoms with Crippen molar-refractivity contribution in [2.75, 3.05) is 32.1 Å². The molecule has 2 aromatic rings. The van der Waals surface area contributed by atoms with Crippen molar-refractivity contribution >= 4 is 11.6 Å². The first-order valence-corrected chi connectivity index (χ1v) is 7.49. The Morgan fingerprint density at radius 1 is 1.17 bits per heavy atom. The van der Waals surface area contributed by atoms with Gasteiger partial charge >= 0.3 is 0 Å². The van der Waals surface area contributed by atoms with Gasteiger partial charge in [-0.1, -0.05) is 6.07 Å². The van der Waals surface area contributed by atoms with Crippen LogP contribution < -0.4 is 20.1 Å². The summed E-state index contributed by atoms with van der Waals surface area (Å²) >= 11 is 0. The molecule has 0 aliphatic heterocycles. The Morgan fingerprint density at radius 3 is 2.62 bits per heavy atom. The monoisotopic (exact) mass is 325 g/mol. The third-order valence-corrected chi connectivity index (χ3v) is 3.20. The Morgan fingerprint density at radius 2 is 1.92 bits per heavy atom. The SMILES string of the molecule is COc1ccc(OCCNC(=O)CNc2cccc(C#N)c2)cc1. The highest BCUT2D eigenvalue weighted by molar-refractivity contribution is 5.80. The molecule has 1 amide bonds. The number of benzene rings is 2. The molecule has 6 nitrogen and oxygen atoms in total. The van der Waals surface area contributed by atoms with Gasteiger partial charge in [-0.2, -0.15) is 5.26 Å². The van der Waals surface area contributed by atoms with Crippen LogP contribution in [0.2, 0.25) is 0 Å². The lowest BCUT2D eigenvalue weighted by Gasteiger charge is -2.09. The van der Waals surface area contributed by atoms with E-state index in [1.54, 1.807) is 31.4 Å². The van der Waals surface area contributed by atoms with Gasteiger partial charge in [-0.3, -0.25) is 4.79 Å². The van der Waals surface area contributed by atoms with E-state index in [0.717, 1.165) is 17.2 Å². The second kappa shape index (κ2) is 9.06. The number of nitriles is 1. The first-order valence-electron chi connectivity index (χ1n) is 7.49. The van der Waals surface area contributed by atoms with E-state index in [-0.39, 0.29) is 12.5 Å². The van der Waals surface area contributed by atoms with Gasteiger partial charge in [-0.15, -0.1) is 0 Å². The van der Waals surface area contributed by atoms with Gasteiger partial charge in [0.05, 0.1) is 31.8 Å². The van der Waals surface area contributed by atoms with E-state index in [1.165, 1.54) is 0 Å². The molecule has 0 radical (unpaired) electrons. The lowest BCUT2D eigenvalue weighted by Crippen LogP contribution is -2.33. The lowest BCUT2D eigenvalue weighted by atomic mass is 10.2. The molecule has 0 aromatic heterocycles. The van der Waals surface area contributed by atoms with Gasteiger partial charge in [0.15, 0.2) is 0 Å². The molecule has 0 atom stereocenters. The molecular weight excluding hydrogens is 306 g/mol. The number of amides is 1. The van der Waals surface area contributed by atoms with Gasteiger partial charge in [0.25, 0.3) is 0 Å². The zero-order chi connectivity index (χ0) is 17.2. The molecular formula is C18H19N3O3. The molecule has 2 N–H and O–H groups in total. The Kier molecular flexibility index (Phi) is 6.47. The molecule has 2 rings (SSSR count). The van der Waals surface area contributed by atoms with Crippen molar-refractivity contribution in [3.05, 3.63) is 54.1 Å². The fraction of sp³-hybridized carbons (Fsp3) is 0.222. The summed E-state index contributed by atoms with van der Waals surface area (Å²) in [5, 5.41) is 14.6. The van der Waals surface area contributed by atoms with Crippen molar-refractivity contribution in [2.24, 2.45) is 0 Å². The Labute approximate surface area is 141 Å². The second-order valence-corrected chi connectivity index (χ2v) is 4.92. The van der Waals surface area contributed by atoms with Crippen molar-refractivity contribution in [3.63, 3.8) is 0 Å². The third kappa shape index (κ3) is 5.54. The number of hydrogen-bond donors (Lipinski definition) is 2. The average Bonchev–Trinajstić information content (AvgIpc) is 2.64. The summed E-state index contributed by atoms with van der Waals surface area (Å²) in [6.45, 7) is 0.921. The Bertz CT molecular complexity index is 708. The Balaban J connectivity index is 1.65. The maximum absolute atomic E-state index is 11.8. The number of carbonyl (C=O) groups excluding carboxylic acids is 1. The zero-order valence-corrected chi connectivity index (χ0v) is 13.4. The summed E-state index contributed by atoms with van der Waals surface area (Å²) in [7, 11) is 1.61. The van der Waals surface area contributed by atoms with Gasteiger partial charge in [0, 0.05) is 5.69 Å². The van der Waals surface area contributed by atoms with Crippen molar-refractivity contribution in [3.8, 4) is 17.6 Å². The molecule has 2 aromatic carbocycles. The minimum atomic E-state index is -0.143. The molecule has 0 aliphatic rings. The number of hydrogen-bond acceptors (Lipinski definition) is 5. The maximum Gasteiger partial charge on any atom is 0.239 e. The van der Waals surface area contributed by atoms with E-state index in [1.807, 2.05) is 24.3 Å². The zero-order valence-electron chi connectivity index (χ0n) is 13.4. The smallest absolute Gasteiger partial charge is 0.239 e. The quantitative estimate of drug-likeness (QED) is 0.727. The van der Waals surface area contributed by atoms with E-state index in [2.05, 4.69) is 16.7 Å². The first kappa shape index (κ1) is 17.2. The van der Waals surface area contributed by atoms with Crippen LogP contribution >= 0.6 is 0 Å². The number of nitrogens with one attached hydrogen (secondary N) is 2. The number of rotatable bonds is 8. The van der Waals surface area contributed by atoms with Gasteiger partial charge in [-0.05, 0) is 42.5 Å². The minimum absolute atomic E-state index is 0.136. The molecule has 0 aliphatic carbocycles. The van der Waals surface area contributed by atoms with Gasteiger partial charge in [0.2, 0.25) is 5.91 Å². The number of nitrogens with zero attached hydrogens (tertiary/aromatic N) is 1. The number of methoxy groups -OCH3 is 1. The molecule has 0 fully saturated rings. The molecule has 124 valence electrons. The van der Waals surface area contributed by atoms with Gasteiger partial charge < -0.3 is 20.1 Å². The van der Waals surface area contributed by atoms with Crippen LogP contribution in [0.4, 0.5) is 5.69 Å². The fourth-order valence-electron chi connectivity index (χ4n) is 1.97. The summed E-state index contributed by atoms with van der Waals surface area (Å²) in [6.07, 6.45) is 0. The number of carbonyl (C=O) groups is 1. The van der Waals surface area contributed by atoms with Crippen LogP contribution in [0.3, 0.4) is 0 Å². The summed E-state index contributed by atoms with van der Waals surface area (Å²) in [4.78, 5) is 11.8. The largest absolute Gasteiger partial charge is 0.497 e. The fourth-order valence-corrected chi connectivity index (χ4v) is 1.97.